The number of ketones is 2. The molecule has 0 fully saturated rings. The Hall–Kier alpha value is -10.2. The number of benzene rings is 5. The van der Waals surface area contributed by atoms with Gasteiger partial charge in [-0.1, -0.05) is 49.4 Å². The molecular formula is C59H58N10O17SSi. The third-order valence-electron chi connectivity index (χ3n) is 15.0. The number of nitrogens with zero attached hydrogens (tertiary/aromatic N) is 8. The Morgan fingerprint density at radius 1 is 0.750 bits per heavy atom. The monoisotopic (exact) mass is 1240 g/mol. The maximum atomic E-state index is 14.3. The van der Waals surface area contributed by atoms with E-state index in [0.717, 1.165) is 29.2 Å². The van der Waals surface area contributed by atoms with E-state index in [9.17, 15) is 62.2 Å². The molecule has 1 atom stereocenters. The van der Waals surface area contributed by atoms with Gasteiger partial charge in [-0.15, -0.1) is 0 Å². The molecule has 0 saturated carbocycles. The molecule has 2 aliphatic heterocycles. The maximum absolute atomic E-state index is 14.3. The lowest BCUT2D eigenvalue weighted by molar-refractivity contribution is -0.386. The molecule has 27 nitrogen and oxygen atoms in total. The van der Waals surface area contributed by atoms with E-state index < -0.39 is 94.8 Å². The number of nitro benzene ring substituents is 2. The second kappa shape index (κ2) is 26.6. The van der Waals surface area contributed by atoms with Crippen molar-refractivity contribution in [2.75, 3.05) is 42.7 Å². The molecule has 29 heteroatoms. The zero-order chi connectivity index (χ0) is 63.8. The van der Waals surface area contributed by atoms with Crippen LogP contribution in [0.25, 0.3) is 10.4 Å². The lowest BCUT2D eigenvalue weighted by Gasteiger charge is -2.44. The number of pyridine rings is 1. The summed E-state index contributed by atoms with van der Waals surface area (Å²) in [6, 6.07) is 24.9. The van der Waals surface area contributed by atoms with Crippen LogP contribution < -0.4 is 30.8 Å². The number of carbonyl (C=O) groups excluding carboxylic acids is 7. The van der Waals surface area contributed by atoms with E-state index in [2.05, 4.69) is 25.6 Å². The van der Waals surface area contributed by atoms with Crippen LogP contribution in [-0.4, -0.2) is 110 Å². The highest BCUT2D eigenvalue weighted by atomic mass is 32.2. The minimum Gasteiger partial charge on any atom is -0.444 e. The predicted molar refractivity (Wildman–Crippen MR) is 320 cm³/mol. The first-order valence-corrected chi connectivity index (χ1v) is 31.9. The first-order chi connectivity index (χ1) is 41.8. The van der Waals surface area contributed by atoms with Gasteiger partial charge in [-0.05, 0) is 101 Å². The Balaban J connectivity index is 1.12. The highest BCUT2D eigenvalue weighted by molar-refractivity contribution is 7.85. The fourth-order valence-electron chi connectivity index (χ4n) is 10.4. The van der Waals surface area contributed by atoms with Gasteiger partial charge in [0, 0.05) is 120 Å². The Labute approximate surface area is 503 Å². The average Bonchev–Trinajstić information content (AvgIpc) is 1.33. The summed E-state index contributed by atoms with van der Waals surface area (Å²) in [5.41, 5.74) is 9.00. The second-order valence-corrected chi connectivity index (χ2v) is 27.1. The van der Waals surface area contributed by atoms with E-state index in [1.54, 1.807) is 54.6 Å². The van der Waals surface area contributed by atoms with Crippen LogP contribution in [0.5, 0.6) is 0 Å². The van der Waals surface area contributed by atoms with Crippen LogP contribution in [0.15, 0.2) is 114 Å². The van der Waals surface area contributed by atoms with Crippen molar-refractivity contribution in [3.63, 3.8) is 0 Å². The van der Waals surface area contributed by atoms with E-state index in [1.165, 1.54) is 49.5 Å². The van der Waals surface area contributed by atoms with Gasteiger partial charge < -0.3 is 24.8 Å². The fourth-order valence-corrected chi connectivity index (χ4v) is 13.9. The molecular weight excluding hydrogens is 1180 g/mol. The van der Waals surface area contributed by atoms with Gasteiger partial charge in [-0.2, -0.15) is 8.42 Å². The third-order valence-corrected chi connectivity index (χ3v) is 19.3. The van der Waals surface area contributed by atoms with Crippen LogP contribution in [0, 0.1) is 20.2 Å². The molecule has 0 bridgehead atoms. The number of Topliss-reactive ketones (excluding diaryl/α,β-unsaturated/α-hetero) is 2. The number of rotatable bonds is 24. The third kappa shape index (κ3) is 13.9. The first kappa shape index (κ1) is 63.8. The lowest BCUT2D eigenvalue weighted by atomic mass is 9.78. The van der Waals surface area contributed by atoms with E-state index in [4.69, 9.17) is 24.3 Å². The number of amides is 4. The summed E-state index contributed by atoms with van der Waals surface area (Å²) in [4.78, 5) is 127. The number of aromatic nitrogens is 1. The Morgan fingerprint density at radius 3 is 1.80 bits per heavy atom. The molecule has 3 N–H and O–H groups in total. The highest BCUT2D eigenvalue weighted by Gasteiger charge is 2.56. The number of carbonyl (C=O) groups is 7. The Kier molecular flexibility index (Phi) is 19.3. The van der Waals surface area contributed by atoms with Gasteiger partial charge in [0.2, 0.25) is 0 Å². The van der Waals surface area contributed by atoms with Crippen molar-refractivity contribution in [1.29, 1.82) is 0 Å². The number of hydrogen-bond donors (Lipinski definition) is 3. The number of esters is 1. The summed E-state index contributed by atoms with van der Waals surface area (Å²) in [5.74, 6) is -3.30. The molecule has 3 heterocycles. The number of hydrogen-bond acceptors (Lipinski definition) is 18. The van der Waals surface area contributed by atoms with Crippen molar-refractivity contribution >= 4 is 92.9 Å². The number of nitro groups is 2. The van der Waals surface area contributed by atoms with Gasteiger partial charge in [0.05, 0.1) is 38.8 Å². The molecule has 6 aromatic rings. The molecule has 88 heavy (non-hydrogen) atoms. The molecule has 2 aliphatic rings. The van der Waals surface area contributed by atoms with Crippen LogP contribution in [0.1, 0.15) is 113 Å². The smallest absolute Gasteiger partial charge is 0.414 e. The van der Waals surface area contributed by atoms with Crippen molar-refractivity contribution in [1.82, 2.24) is 15.6 Å². The van der Waals surface area contributed by atoms with Gasteiger partial charge in [-0.3, -0.25) is 58.7 Å². The van der Waals surface area contributed by atoms with Crippen molar-refractivity contribution in [2.45, 2.75) is 77.5 Å². The van der Waals surface area contributed by atoms with Crippen LogP contribution in [-0.2, 0) is 60.9 Å². The van der Waals surface area contributed by atoms with Crippen molar-refractivity contribution in [3.8, 4) is 0 Å². The molecule has 5 aromatic carbocycles. The molecule has 0 radical (unpaired) electrons. The number of anilines is 2. The quantitative estimate of drug-likeness (QED) is 0.00497. The van der Waals surface area contributed by atoms with Gasteiger partial charge in [0.15, 0.2) is 11.4 Å². The molecule has 0 saturated heterocycles. The number of azide groups is 1. The summed E-state index contributed by atoms with van der Waals surface area (Å²) < 4.78 is 49.3. The summed E-state index contributed by atoms with van der Waals surface area (Å²) in [6.07, 6.45) is 0.519. The zero-order valence-corrected chi connectivity index (χ0v) is 50.0. The minimum atomic E-state index is -4.42. The van der Waals surface area contributed by atoms with Gasteiger partial charge >= 0.3 is 18.2 Å². The highest BCUT2D eigenvalue weighted by Crippen LogP contribution is 2.50. The first-order valence-electron chi connectivity index (χ1n) is 27.3. The topological polar surface area (TPSA) is 380 Å². The van der Waals surface area contributed by atoms with Crippen LogP contribution in [0.3, 0.4) is 0 Å². The van der Waals surface area contributed by atoms with E-state index in [0.29, 0.717) is 51.3 Å². The minimum absolute atomic E-state index is 0.0404. The van der Waals surface area contributed by atoms with E-state index >= 15 is 0 Å². The molecule has 8 rings (SSSR count). The number of nitrogens with one attached hydrogen (secondary N) is 2. The van der Waals surface area contributed by atoms with Crippen molar-refractivity contribution < 1.29 is 70.6 Å². The standard InChI is InChI=1S/C59H58N10O17SSi/c1-6-22-61-54(72)37-12-20-49(68(77)78)39(26-37)33-84-57(75)66(2)42-15-18-46-52(29-42)88(4,5)53-30-43(67(3)58(76)85-34-40-27-38(13-21-50(40)69(79)80)55(73)62-23-24-87(81,82)83)16-19-47(53)59(46)48-28-36(11-17-45(48)56(74)86-59)51(71)9-7-8-44(70)25-35-10-14-41(63-31-35)32-64-65-60/h10-21,26-31H,6-9,22-25,32-34H2,1-5H3,(H,61,72)(H,62,73)(H,81,82,83). The van der Waals surface area contributed by atoms with Crippen LogP contribution >= 0.6 is 0 Å². The summed E-state index contributed by atoms with van der Waals surface area (Å²) in [6.45, 7) is 4.47. The van der Waals surface area contributed by atoms with Crippen molar-refractivity contribution in [2.24, 2.45) is 5.11 Å². The zero-order valence-electron chi connectivity index (χ0n) is 48.1. The predicted octanol–water partition coefficient (Wildman–Crippen LogP) is 7.77. The molecule has 1 unspecified atom stereocenters. The Bertz CT molecular complexity index is 4030. The second-order valence-electron chi connectivity index (χ2n) is 21.2. The normalized spacial score (nSPS) is 14.2. The fraction of sp³-hybridized carbons (Fsp3) is 0.288. The van der Waals surface area contributed by atoms with E-state index in [-0.39, 0.29) is 94.2 Å². The Morgan fingerprint density at radius 2 is 1.30 bits per heavy atom. The van der Waals surface area contributed by atoms with Gasteiger partial charge in [-0.25, -0.2) is 14.4 Å². The molecule has 4 amide bonds. The molecule has 456 valence electrons. The van der Waals surface area contributed by atoms with Gasteiger partial charge in [0.25, 0.3) is 33.3 Å². The van der Waals surface area contributed by atoms with Gasteiger partial charge in [0.1, 0.15) is 27.1 Å². The van der Waals surface area contributed by atoms with Crippen LogP contribution in [0.2, 0.25) is 13.1 Å². The molecule has 0 aliphatic carbocycles. The maximum Gasteiger partial charge on any atom is 0.414 e. The summed E-state index contributed by atoms with van der Waals surface area (Å²) in [7, 11) is -4.80. The summed E-state index contributed by atoms with van der Waals surface area (Å²) in [5, 5.41) is 33.8. The SMILES string of the molecule is CCCNC(=O)c1ccc([N+](=O)[O-])c(COC(=O)N(C)c2ccc3c(c2)[Si](C)(C)c2cc(N(C)C(=O)OCc4cc(C(=O)NCCS(=O)(=O)O)ccc4[N+](=O)[O-])ccc2C32OC(=O)c3ccc(C(=O)CCCC(=O)Cc4ccc(CN=[N+]=[N-])nc4)cc32)c1. The molecule has 1 aromatic heterocycles. The van der Waals surface area contributed by atoms with Crippen LogP contribution in [0.4, 0.5) is 32.3 Å². The molecule has 1 spiro atoms. The average molecular weight is 1240 g/mol. The van der Waals surface area contributed by atoms with E-state index in [1.807, 2.05) is 20.0 Å². The number of ether oxygens (including phenoxy) is 3. The van der Waals surface area contributed by atoms with Crippen molar-refractivity contribution in [3.05, 3.63) is 201 Å². The summed E-state index contributed by atoms with van der Waals surface area (Å²) >= 11 is 0. The largest absolute Gasteiger partial charge is 0.444 e. The number of fused-ring (bicyclic) bond motifs is 6. The lowest BCUT2D eigenvalue weighted by Crippen LogP contribution is -2.63.